The maximum Gasteiger partial charge on any atom is 0.391 e. The van der Waals surface area contributed by atoms with E-state index in [9.17, 15) is 18.3 Å². The van der Waals surface area contributed by atoms with E-state index in [2.05, 4.69) is 25.5 Å². The van der Waals surface area contributed by atoms with Gasteiger partial charge < -0.3 is 10.4 Å². The number of benzene rings is 1. The van der Waals surface area contributed by atoms with Gasteiger partial charge in [-0.2, -0.15) is 13.2 Å². The van der Waals surface area contributed by atoms with Gasteiger partial charge >= 0.3 is 6.18 Å². The normalized spacial score (nSPS) is 19.1. The van der Waals surface area contributed by atoms with Crippen LogP contribution >= 0.6 is 0 Å². The number of anilines is 1. The molecule has 0 amide bonds. The molecule has 1 aliphatic carbocycles. The molecule has 0 radical (unpaired) electrons. The molecule has 1 saturated carbocycles. The van der Waals surface area contributed by atoms with Crippen LogP contribution < -0.4 is 15.1 Å². The fourth-order valence-electron chi connectivity index (χ4n) is 4.06. The van der Waals surface area contributed by atoms with Crippen molar-refractivity contribution in [3.05, 3.63) is 53.7 Å². The second kappa shape index (κ2) is 9.16. The standard InChI is InChI=1S/C22H23F3N6O2/c1-13-20(14(2)27-12-26-13)16-5-3-15(4-6-16)10-31-11-19(33-30-31)29-21(32)28-18-8-7-17(9-18)22(23,24)25/h3-6,11-12,17-18H,7-10H2,1-2H3,(H-,28,29,30,32). The Kier molecular flexibility index (Phi) is 6.30. The average molecular weight is 460 g/mol. The third kappa shape index (κ3) is 5.47. The lowest BCUT2D eigenvalue weighted by Gasteiger charge is -2.15. The van der Waals surface area contributed by atoms with Crippen molar-refractivity contribution < 1.29 is 27.5 Å². The van der Waals surface area contributed by atoms with Crippen LogP contribution in [0.4, 0.5) is 19.1 Å². The SMILES string of the molecule is Cc1ncnc(C)c1-c1ccc(C[n+]2cc(NC([O-])=NC3CCC(C(F)(F)F)C3)on2)cc1. The fraction of sp³-hybridized carbons (Fsp3) is 0.409. The van der Waals surface area contributed by atoms with Gasteiger partial charge in [-0.05, 0) is 43.4 Å². The van der Waals surface area contributed by atoms with Gasteiger partial charge in [0.15, 0.2) is 0 Å². The van der Waals surface area contributed by atoms with Crippen LogP contribution in [0, 0.1) is 19.8 Å². The molecule has 1 N–H and O–H groups in total. The van der Waals surface area contributed by atoms with E-state index < -0.39 is 24.2 Å². The monoisotopic (exact) mass is 460 g/mol. The summed E-state index contributed by atoms with van der Waals surface area (Å²) in [6.45, 7) is 4.27. The second-order valence-corrected chi connectivity index (χ2v) is 8.14. The molecule has 2 atom stereocenters. The molecule has 2 unspecified atom stereocenters. The number of hydrogen-bond acceptors (Lipinski definition) is 6. The van der Waals surface area contributed by atoms with E-state index in [1.807, 2.05) is 38.1 Å². The largest absolute Gasteiger partial charge is 0.846 e. The topological polar surface area (TPSA) is 103 Å². The Morgan fingerprint density at radius 3 is 2.52 bits per heavy atom. The quantitative estimate of drug-likeness (QED) is 0.357. The minimum absolute atomic E-state index is 0.0114. The molecule has 1 aromatic carbocycles. The molecule has 0 saturated heterocycles. The van der Waals surface area contributed by atoms with Crippen molar-refractivity contribution in [3.8, 4) is 11.1 Å². The smallest absolute Gasteiger partial charge is 0.391 e. The summed E-state index contributed by atoms with van der Waals surface area (Å²) >= 11 is 0. The molecule has 8 nitrogen and oxygen atoms in total. The minimum Gasteiger partial charge on any atom is -0.846 e. The van der Waals surface area contributed by atoms with Gasteiger partial charge in [-0.15, -0.1) is 0 Å². The zero-order valence-electron chi connectivity index (χ0n) is 18.1. The van der Waals surface area contributed by atoms with Crippen molar-refractivity contribution in [3.63, 3.8) is 0 Å². The maximum atomic E-state index is 12.8. The second-order valence-electron chi connectivity index (χ2n) is 8.14. The number of nitrogens with zero attached hydrogens (tertiary/aromatic N) is 5. The first-order valence-electron chi connectivity index (χ1n) is 10.5. The number of rotatable bonds is 5. The zero-order chi connectivity index (χ0) is 23.6. The summed E-state index contributed by atoms with van der Waals surface area (Å²) in [7, 11) is 0. The number of halogens is 3. The molecular formula is C22H23F3N6O2. The number of alkyl halides is 3. The highest BCUT2D eigenvalue weighted by Gasteiger charge is 2.44. The fourth-order valence-corrected chi connectivity index (χ4v) is 4.06. The molecule has 1 aliphatic rings. The first-order valence-corrected chi connectivity index (χ1v) is 10.5. The lowest BCUT2D eigenvalue weighted by Crippen LogP contribution is -2.35. The first-order chi connectivity index (χ1) is 15.7. The van der Waals surface area contributed by atoms with Gasteiger partial charge in [0.1, 0.15) is 6.33 Å². The molecule has 0 aliphatic heterocycles. The van der Waals surface area contributed by atoms with E-state index >= 15 is 0 Å². The van der Waals surface area contributed by atoms with Crippen molar-refractivity contribution in [2.24, 2.45) is 10.9 Å². The summed E-state index contributed by atoms with van der Waals surface area (Å²) in [6, 6.07) is 6.47. The molecule has 4 rings (SSSR count). The summed E-state index contributed by atoms with van der Waals surface area (Å²) in [5.41, 5.74) is 4.76. The highest BCUT2D eigenvalue weighted by Crippen LogP contribution is 2.39. The summed E-state index contributed by atoms with van der Waals surface area (Å²) in [5.74, 6) is -1.33. The van der Waals surface area contributed by atoms with Gasteiger partial charge in [-0.1, -0.05) is 24.3 Å². The van der Waals surface area contributed by atoms with E-state index in [0.29, 0.717) is 6.54 Å². The van der Waals surface area contributed by atoms with Crippen molar-refractivity contribution in [1.82, 2.24) is 15.2 Å². The van der Waals surface area contributed by atoms with Gasteiger partial charge in [-0.3, -0.25) is 9.52 Å². The summed E-state index contributed by atoms with van der Waals surface area (Å²) in [5, 5.41) is 18.3. The van der Waals surface area contributed by atoms with Gasteiger partial charge in [0.05, 0.1) is 18.0 Å². The van der Waals surface area contributed by atoms with Crippen LogP contribution in [-0.4, -0.2) is 33.5 Å². The third-order valence-corrected chi connectivity index (χ3v) is 5.72. The van der Waals surface area contributed by atoms with Crippen LogP contribution in [0.1, 0.15) is 36.2 Å². The highest BCUT2D eigenvalue weighted by atomic mass is 19.4. The van der Waals surface area contributed by atoms with E-state index in [1.54, 1.807) is 6.33 Å². The Labute approximate surface area is 188 Å². The summed E-state index contributed by atoms with van der Waals surface area (Å²) in [4.78, 5) is 12.3. The molecule has 1 fully saturated rings. The Morgan fingerprint density at radius 1 is 1.18 bits per heavy atom. The molecular weight excluding hydrogens is 437 g/mol. The molecule has 3 aromatic rings. The molecule has 33 heavy (non-hydrogen) atoms. The maximum absolute atomic E-state index is 12.8. The van der Waals surface area contributed by atoms with Crippen molar-refractivity contribution >= 4 is 11.9 Å². The molecule has 174 valence electrons. The van der Waals surface area contributed by atoms with Crippen molar-refractivity contribution in [2.75, 3.05) is 5.32 Å². The summed E-state index contributed by atoms with van der Waals surface area (Å²) in [6.07, 6.45) is -1.16. The average Bonchev–Trinajstić information content (AvgIpc) is 3.38. The molecule has 0 bridgehead atoms. The van der Waals surface area contributed by atoms with Gasteiger partial charge in [-0.25, -0.2) is 9.97 Å². The van der Waals surface area contributed by atoms with E-state index in [4.69, 9.17) is 4.52 Å². The molecule has 2 aromatic heterocycles. The van der Waals surface area contributed by atoms with Crippen LogP contribution in [0.3, 0.4) is 0 Å². The van der Waals surface area contributed by atoms with Crippen LogP contribution in [-0.2, 0) is 6.54 Å². The Balaban J connectivity index is 1.36. The van der Waals surface area contributed by atoms with Gasteiger partial charge in [0.2, 0.25) is 11.8 Å². The third-order valence-electron chi connectivity index (χ3n) is 5.72. The van der Waals surface area contributed by atoms with Crippen molar-refractivity contribution in [2.45, 2.75) is 51.9 Å². The van der Waals surface area contributed by atoms with E-state index in [-0.39, 0.29) is 25.1 Å². The van der Waals surface area contributed by atoms with Gasteiger partial charge in [0.25, 0.3) is 12.1 Å². The van der Waals surface area contributed by atoms with Crippen molar-refractivity contribution in [1.29, 1.82) is 0 Å². The van der Waals surface area contributed by atoms with Crippen LogP contribution in [0.2, 0.25) is 0 Å². The lowest BCUT2D eigenvalue weighted by molar-refractivity contribution is -0.754. The number of hydrogen-bond donors (Lipinski definition) is 1. The number of nitrogens with one attached hydrogen (secondary N) is 1. The lowest BCUT2D eigenvalue weighted by atomic mass is 10.0. The van der Waals surface area contributed by atoms with Crippen LogP contribution in [0.25, 0.3) is 11.1 Å². The Hall–Kier alpha value is -3.50. The number of aryl methyl sites for hydroxylation is 2. The zero-order valence-corrected chi connectivity index (χ0v) is 18.1. The predicted octanol–water partition coefficient (Wildman–Crippen LogP) is 2.94. The predicted molar refractivity (Wildman–Crippen MR) is 111 cm³/mol. The molecule has 2 heterocycles. The van der Waals surface area contributed by atoms with E-state index in [1.165, 1.54) is 10.9 Å². The molecule has 0 spiro atoms. The Bertz CT molecular complexity index is 1120. The Morgan fingerprint density at radius 2 is 1.88 bits per heavy atom. The number of aliphatic imine (C=N–C) groups is 1. The van der Waals surface area contributed by atoms with Gasteiger partial charge in [0, 0.05) is 22.5 Å². The molecule has 11 heteroatoms. The number of amidine groups is 1. The minimum atomic E-state index is -4.25. The van der Waals surface area contributed by atoms with E-state index in [0.717, 1.165) is 28.1 Å². The first kappa shape index (κ1) is 22.7. The van der Waals surface area contributed by atoms with Crippen LogP contribution in [0.15, 0.2) is 46.3 Å². The van der Waals surface area contributed by atoms with Crippen LogP contribution in [0.5, 0.6) is 0 Å². The number of aromatic nitrogens is 4. The highest BCUT2D eigenvalue weighted by molar-refractivity contribution is 5.83. The summed E-state index contributed by atoms with van der Waals surface area (Å²) < 4.78 is 44.9.